The van der Waals surface area contributed by atoms with Gasteiger partial charge in [-0.05, 0) is 34.5 Å². The summed E-state index contributed by atoms with van der Waals surface area (Å²) < 4.78 is 51.5. The summed E-state index contributed by atoms with van der Waals surface area (Å²) in [5, 5.41) is 0. The van der Waals surface area contributed by atoms with Crippen molar-refractivity contribution in [2.45, 2.75) is 11.1 Å². The fraction of sp³-hybridized carbons (Fsp3) is 0.600. The van der Waals surface area contributed by atoms with Crippen LogP contribution < -0.4 is 0 Å². The third kappa shape index (κ3) is 3.25. The molecule has 1 fully saturated rings. The number of rotatable bonds is 3. The Balaban J connectivity index is 2.17. The zero-order valence-electron chi connectivity index (χ0n) is 11.0. The molecule has 0 aliphatic carbocycles. The first-order valence-electron chi connectivity index (χ1n) is 5.83. The van der Waals surface area contributed by atoms with E-state index in [1.807, 2.05) is 6.92 Å². The number of hydrogen-bond acceptors (Lipinski definition) is 5. The maximum atomic E-state index is 12.5. The van der Waals surface area contributed by atoms with E-state index < -0.39 is 20.0 Å². The molecule has 0 aromatic carbocycles. The van der Waals surface area contributed by atoms with E-state index in [1.54, 1.807) is 6.07 Å². The van der Waals surface area contributed by atoms with Crippen molar-refractivity contribution in [2.75, 3.05) is 32.4 Å². The largest absolute Gasteiger partial charge is 0.252 e. The van der Waals surface area contributed by atoms with Gasteiger partial charge in [-0.25, -0.2) is 16.8 Å². The maximum absolute atomic E-state index is 12.5. The average molecular weight is 403 g/mol. The van der Waals surface area contributed by atoms with Crippen LogP contribution in [-0.4, -0.2) is 57.9 Å². The van der Waals surface area contributed by atoms with Crippen LogP contribution >= 0.6 is 27.3 Å². The van der Waals surface area contributed by atoms with Gasteiger partial charge in [0.2, 0.25) is 10.0 Å². The van der Waals surface area contributed by atoms with Crippen LogP contribution in [0.25, 0.3) is 0 Å². The van der Waals surface area contributed by atoms with Crippen molar-refractivity contribution in [1.82, 2.24) is 8.61 Å². The van der Waals surface area contributed by atoms with Gasteiger partial charge in [-0.2, -0.15) is 8.61 Å². The molecular formula is C10H15BrN2O4S3. The van der Waals surface area contributed by atoms with E-state index in [4.69, 9.17) is 0 Å². The minimum atomic E-state index is -3.53. The zero-order valence-corrected chi connectivity index (χ0v) is 15.1. The summed E-state index contributed by atoms with van der Waals surface area (Å²) in [7, 11) is -6.79. The van der Waals surface area contributed by atoms with Crippen molar-refractivity contribution in [1.29, 1.82) is 0 Å². The highest BCUT2D eigenvalue weighted by atomic mass is 79.9. The summed E-state index contributed by atoms with van der Waals surface area (Å²) in [5.74, 6) is 0. The highest BCUT2D eigenvalue weighted by molar-refractivity contribution is 9.11. The van der Waals surface area contributed by atoms with Crippen molar-refractivity contribution in [3.05, 3.63) is 15.4 Å². The Morgan fingerprint density at radius 1 is 1.10 bits per heavy atom. The van der Waals surface area contributed by atoms with E-state index in [1.165, 1.54) is 19.9 Å². The minimum absolute atomic E-state index is 0.184. The average Bonchev–Trinajstić information content (AvgIpc) is 2.69. The van der Waals surface area contributed by atoms with Gasteiger partial charge in [0, 0.05) is 26.2 Å². The fourth-order valence-electron chi connectivity index (χ4n) is 1.93. The van der Waals surface area contributed by atoms with Crippen LogP contribution in [0.1, 0.15) is 5.56 Å². The van der Waals surface area contributed by atoms with Gasteiger partial charge in [0.05, 0.1) is 10.0 Å². The molecule has 0 amide bonds. The molecule has 1 aromatic heterocycles. The molecule has 0 saturated carbocycles. The van der Waals surface area contributed by atoms with E-state index in [0.717, 1.165) is 15.6 Å². The normalized spacial score (nSPS) is 19.4. The Morgan fingerprint density at radius 3 is 2.00 bits per heavy atom. The predicted molar refractivity (Wildman–Crippen MR) is 81.9 cm³/mol. The number of piperazine rings is 1. The molecule has 6 nitrogen and oxygen atoms in total. The second-order valence-corrected chi connectivity index (χ2v) is 11.1. The standard InChI is InChI=1S/C10H15BrN2O4S3/c1-8-7-9(18-10(8)11)20(16,17)13-5-3-12(4-6-13)19(2,14)15/h7H,3-6H2,1-2H3. The van der Waals surface area contributed by atoms with Gasteiger partial charge >= 0.3 is 0 Å². The van der Waals surface area contributed by atoms with Crippen molar-refractivity contribution >= 4 is 47.3 Å². The molecule has 0 radical (unpaired) electrons. The van der Waals surface area contributed by atoms with E-state index in [9.17, 15) is 16.8 Å². The number of hydrogen-bond donors (Lipinski definition) is 0. The van der Waals surface area contributed by atoms with Crippen molar-refractivity contribution in [3.8, 4) is 0 Å². The minimum Gasteiger partial charge on any atom is -0.213 e. The summed E-state index contributed by atoms with van der Waals surface area (Å²) in [5.41, 5.74) is 0.878. The van der Waals surface area contributed by atoms with Crippen LogP contribution in [0, 0.1) is 6.92 Å². The smallest absolute Gasteiger partial charge is 0.213 e. The molecule has 1 aliphatic heterocycles. The van der Waals surface area contributed by atoms with E-state index in [-0.39, 0.29) is 30.4 Å². The summed E-state index contributed by atoms with van der Waals surface area (Å²) in [6, 6.07) is 1.63. The molecule has 0 spiro atoms. The molecule has 1 aromatic rings. The van der Waals surface area contributed by atoms with Gasteiger partial charge in [-0.1, -0.05) is 0 Å². The van der Waals surface area contributed by atoms with Crippen molar-refractivity contribution in [2.24, 2.45) is 0 Å². The first-order chi connectivity index (χ1) is 9.12. The molecule has 0 unspecified atom stereocenters. The van der Waals surface area contributed by atoms with Crippen LogP contribution in [0.15, 0.2) is 14.1 Å². The van der Waals surface area contributed by atoms with Gasteiger partial charge < -0.3 is 0 Å². The van der Waals surface area contributed by atoms with Crippen LogP contribution in [0.2, 0.25) is 0 Å². The van der Waals surface area contributed by atoms with Crippen LogP contribution in [-0.2, 0) is 20.0 Å². The molecule has 0 N–H and O–H groups in total. The third-order valence-electron chi connectivity index (χ3n) is 3.10. The number of halogens is 1. The Bertz CT molecular complexity index is 683. The second-order valence-electron chi connectivity index (χ2n) is 4.59. The number of thiophene rings is 1. The molecule has 114 valence electrons. The number of aryl methyl sites for hydroxylation is 1. The lowest BCUT2D eigenvalue weighted by molar-refractivity contribution is 0.274. The van der Waals surface area contributed by atoms with Gasteiger partial charge in [0.1, 0.15) is 4.21 Å². The molecule has 10 heteroatoms. The SMILES string of the molecule is Cc1cc(S(=O)(=O)N2CCN(S(C)(=O)=O)CC2)sc1Br. The highest BCUT2D eigenvalue weighted by Crippen LogP contribution is 2.32. The van der Waals surface area contributed by atoms with E-state index in [2.05, 4.69) is 15.9 Å². The molecule has 20 heavy (non-hydrogen) atoms. The van der Waals surface area contributed by atoms with Gasteiger partial charge in [0.15, 0.2) is 0 Å². The molecule has 0 atom stereocenters. The molecular weight excluding hydrogens is 388 g/mol. The lowest BCUT2D eigenvalue weighted by atomic mass is 10.4. The quantitative estimate of drug-likeness (QED) is 0.757. The Labute approximate surface area is 131 Å². The first-order valence-corrected chi connectivity index (χ1v) is 10.7. The fourth-order valence-corrected chi connectivity index (χ4v) is 6.56. The molecule has 2 rings (SSSR count). The van der Waals surface area contributed by atoms with Crippen molar-refractivity contribution in [3.63, 3.8) is 0 Å². The molecule has 1 saturated heterocycles. The summed E-state index contributed by atoms with van der Waals surface area (Å²) >= 11 is 4.49. The molecule has 1 aliphatic rings. The Kier molecular flexibility index (Phi) is 4.63. The van der Waals surface area contributed by atoms with Gasteiger partial charge in [-0.15, -0.1) is 11.3 Å². The predicted octanol–water partition coefficient (Wildman–Crippen LogP) is 1.08. The Hall–Kier alpha value is -0.000000000000000111. The van der Waals surface area contributed by atoms with Gasteiger partial charge in [0.25, 0.3) is 10.0 Å². The number of sulfonamides is 2. The highest BCUT2D eigenvalue weighted by Gasteiger charge is 2.32. The maximum Gasteiger partial charge on any atom is 0.252 e. The Morgan fingerprint density at radius 2 is 1.60 bits per heavy atom. The summed E-state index contributed by atoms with van der Waals surface area (Å²) in [4.78, 5) is 0. The topological polar surface area (TPSA) is 74.8 Å². The van der Waals surface area contributed by atoms with Crippen LogP contribution in [0.5, 0.6) is 0 Å². The monoisotopic (exact) mass is 402 g/mol. The van der Waals surface area contributed by atoms with E-state index >= 15 is 0 Å². The van der Waals surface area contributed by atoms with E-state index in [0.29, 0.717) is 0 Å². The third-order valence-corrected chi connectivity index (χ3v) is 8.88. The first kappa shape index (κ1) is 16.4. The van der Waals surface area contributed by atoms with Crippen molar-refractivity contribution < 1.29 is 16.8 Å². The van der Waals surface area contributed by atoms with Gasteiger partial charge in [-0.3, -0.25) is 0 Å². The lowest BCUT2D eigenvalue weighted by Crippen LogP contribution is -2.50. The molecule has 2 heterocycles. The second kappa shape index (κ2) is 5.65. The van der Waals surface area contributed by atoms with Crippen LogP contribution in [0.3, 0.4) is 0 Å². The zero-order chi connectivity index (χ0) is 15.1. The molecule has 0 bridgehead atoms. The van der Waals surface area contributed by atoms with Crippen LogP contribution in [0.4, 0.5) is 0 Å². The summed E-state index contributed by atoms with van der Waals surface area (Å²) in [6.07, 6.45) is 1.14. The lowest BCUT2D eigenvalue weighted by Gasteiger charge is -2.32. The number of nitrogens with zero attached hydrogens (tertiary/aromatic N) is 2. The summed E-state index contributed by atoms with van der Waals surface area (Å²) in [6.45, 7) is 2.60.